The molecule has 5 atom stereocenters. The minimum absolute atomic E-state index is 0.0507. The Kier molecular flexibility index (Phi) is 3.71. The van der Waals surface area contributed by atoms with E-state index in [1.807, 2.05) is 55.5 Å². The molecule has 5 nitrogen and oxygen atoms in total. The maximum absolute atomic E-state index is 12.8. The number of aryl methyl sites for hydroxylation is 1. The lowest BCUT2D eigenvalue weighted by molar-refractivity contribution is -0.145. The first-order chi connectivity index (χ1) is 13.1. The van der Waals surface area contributed by atoms with Crippen LogP contribution in [0.25, 0.3) is 0 Å². The van der Waals surface area contributed by atoms with Gasteiger partial charge in [-0.1, -0.05) is 17.7 Å². The standard InChI is InChI=1S/C22H21NO4/c1-12-2-6-15(7-3-12)26-16-8-4-14(5-9-16)23-21(24)19-13-10-17-18(11-13)27-22(25)20(17)19/h2-9,13,17-20H,10-11H2,1H3,(H,23,24)/t13-,17+,18-,19+,20+/m0/s1. The highest BCUT2D eigenvalue weighted by atomic mass is 16.6. The van der Waals surface area contributed by atoms with E-state index < -0.39 is 0 Å². The predicted molar refractivity (Wildman–Crippen MR) is 99.4 cm³/mol. The van der Waals surface area contributed by atoms with Crippen LogP contribution in [0, 0.1) is 30.6 Å². The van der Waals surface area contributed by atoms with Gasteiger partial charge in [0.15, 0.2) is 0 Å². The van der Waals surface area contributed by atoms with Crippen molar-refractivity contribution in [2.24, 2.45) is 23.7 Å². The van der Waals surface area contributed by atoms with Gasteiger partial charge in [0.25, 0.3) is 0 Å². The van der Waals surface area contributed by atoms with Crippen molar-refractivity contribution in [3.8, 4) is 11.5 Å². The van der Waals surface area contributed by atoms with Gasteiger partial charge in [0.2, 0.25) is 5.91 Å². The van der Waals surface area contributed by atoms with Gasteiger partial charge in [-0.25, -0.2) is 0 Å². The summed E-state index contributed by atoms with van der Waals surface area (Å²) in [6, 6.07) is 15.2. The molecular weight excluding hydrogens is 342 g/mol. The highest BCUT2D eigenvalue weighted by molar-refractivity contribution is 5.97. The summed E-state index contributed by atoms with van der Waals surface area (Å²) < 4.78 is 11.2. The molecule has 2 aromatic carbocycles. The monoisotopic (exact) mass is 363 g/mol. The van der Waals surface area contributed by atoms with Crippen LogP contribution in [0.15, 0.2) is 48.5 Å². The molecule has 138 valence electrons. The van der Waals surface area contributed by atoms with Gasteiger partial charge in [-0.05, 0) is 62.1 Å². The molecule has 3 aliphatic rings. The molecule has 1 amide bonds. The minimum atomic E-state index is -0.260. The number of hydrogen-bond acceptors (Lipinski definition) is 4. The van der Waals surface area contributed by atoms with E-state index in [-0.39, 0.29) is 41.7 Å². The van der Waals surface area contributed by atoms with Crippen molar-refractivity contribution < 1.29 is 19.1 Å². The third-order valence-corrected chi connectivity index (χ3v) is 6.16. The van der Waals surface area contributed by atoms with Crippen molar-refractivity contribution in [1.82, 2.24) is 0 Å². The number of anilines is 1. The summed E-state index contributed by atoms with van der Waals surface area (Å²) in [5.74, 6) is 1.21. The second kappa shape index (κ2) is 6.12. The number of carbonyl (C=O) groups is 2. The van der Waals surface area contributed by atoms with Gasteiger partial charge in [-0.3, -0.25) is 9.59 Å². The van der Waals surface area contributed by atoms with Crippen LogP contribution in [0.4, 0.5) is 5.69 Å². The second-order valence-electron chi connectivity index (χ2n) is 7.85. The van der Waals surface area contributed by atoms with E-state index in [0.717, 1.165) is 18.6 Å². The van der Waals surface area contributed by atoms with Crippen LogP contribution in [-0.2, 0) is 14.3 Å². The molecule has 2 aliphatic carbocycles. The fourth-order valence-corrected chi connectivity index (χ4v) is 4.94. The van der Waals surface area contributed by atoms with Gasteiger partial charge in [-0.2, -0.15) is 0 Å². The zero-order chi connectivity index (χ0) is 18.5. The summed E-state index contributed by atoms with van der Waals surface area (Å²) in [7, 11) is 0. The van der Waals surface area contributed by atoms with Crippen LogP contribution in [0.3, 0.4) is 0 Å². The number of hydrogen-bond donors (Lipinski definition) is 1. The molecule has 0 unspecified atom stereocenters. The third kappa shape index (κ3) is 2.78. The Morgan fingerprint density at radius 3 is 2.41 bits per heavy atom. The number of rotatable bonds is 4. The number of esters is 1. The molecule has 27 heavy (non-hydrogen) atoms. The Hall–Kier alpha value is -2.82. The van der Waals surface area contributed by atoms with Crippen LogP contribution >= 0.6 is 0 Å². The summed E-state index contributed by atoms with van der Waals surface area (Å²) in [6.45, 7) is 2.03. The van der Waals surface area contributed by atoms with Crippen LogP contribution in [0.2, 0.25) is 0 Å². The van der Waals surface area contributed by atoms with Crippen LogP contribution in [-0.4, -0.2) is 18.0 Å². The van der Waals surface area contributed by atoms with E-state index >= 15 is 0 Å². The van der Waals surface area contributed by atoms with E-state index in [9.17, 15) is 9.59 Å². The number of nitrogens with one attached hydrogen (secondary N) is 1. The van der Waals surface area contributed by atoms with Crippen LogP contribution < -0.4 is 10.1 Å². The number of carbonyl (C=O) groups excluding carboxylic acids is 2. The molecule has 2 saturated carbocycles. The van der Waals surface area contributed by atoms with Crippen molar-refractivity contribution >= 4 is 17.6 Å². The number of fused-ring (bicyclic) bond motifs is 1. The quantitative estimate of drug-likeness (QED) is 0.836. The molecule has 0 radical (unpaired) electrons. The van der Waals surface area contributed by atoms with Crippen LogP contribution in [0.5, 0.6) is 11.5 Å². The lowest BCUT2D eigenvalue weighted by Crippen LogP contribution is -2.35. The maximum Gasteiger partial charge on any atom is 0.310 e. The van der Waals surface area contributed by atoms with E-state index in [1.165, 1.54) is 5.56 Å². The molecule has 5 rings (SSSR count). The Morgan fingerprint density at radius 1 is 1.04 bits per heavy atom. The number of amides is 1. The lowest BCUT2D eigenvalue weighted by Gasteiger charge is -2.23. The average Bonchev–Trinajstić information content (AvgIpc) is 3.27. The van der Waals surface area contributed by atoms with Crippen molar-refractivity contribution in [2.75, 3.05) is 5.32 Å². The molecule has 2 aromatic rings. The molecule has 1 aliphatic heterocycles. The van der Waals surface area contributed by atoms with Gasteiger partial charge in [0, 0.05) is 11.6 Å². The van der Waals surface area contributed by atoms with E-state index in [0.29, 0.717) is 11.4 Å². The minimum Gasteiger partial charge on any atom is -0.462 e. The first-order valence-corrected chi connectivity index (χ1v) is 9.44. The van der Waals surface area contributed by atoms with Gasteiger partial charge >= 0.3 is 5.97 Å². The first-order valence-electron chi connectivity index (χ1n) is 9.44. The van der Waals surface area contributed by atoms with Crippen LogP contribution in [0.1, 0.15) is 18.4 Å². The van der Waals surface area contributed by atoms with E-state index in [1.54, 1.807) is 0 Å². The van der Waals surface area contributed by atoms with E-state index in [4.69, 9.17) is 9.47 Å². The SMILES string of the molecule is Cc1ccc(Oc2ccc(NC(=O)[C@@H]3[C@H]4C[C@H]5[C@H]3C(=O)O[C@H]5C4)cc2)cc1. The van der Waals surface area contributed by atoms with Crippen molar-refractivity contribution in [2.45, 2.75) is 25.9 Å². The molecule has 0 aromatic heterocycles. The molecular formula is C22H21NO4. The average molecular weight is 363 g/mol. The number of benzene rings is 2. The topological polar surface area (TPSA) is 64.6 Å². The van der Waals surface area contributed by atoms with Crippen molar-refractivity contribution in [3.63, 3.8) is 0 Å². The Balaban J connectivity index is 1.25. The van der Waals surface area contributed by atoms with Crippen molar-refractivity contribution in [3.05, 3.63) is 54.1 Å². The molecule has 2 bridgehead atoms. The summed E-state index contributed by atoms with van der Waals surface area (Å²) in [5.41, 5.74) is 1.89. The Labute approximate surface area is 157 Å². The smallest absolute Gasteiger partial charge is 0.310 e. The third-order valence-electron chi connectivity index (χ3n) is 6.16. The largest absolute Gasteiger partial charge is 0.462 e. The van der Waals surface area contributed by atoms with E-state index in [2.05, 4.69) is 5.32 Å². The van der Waals surface area contributed by atoms with Gasteiger partial charge < -0.3 is 14.8 Å². The summed E-state index contributed by atoms with van der Waals surface area (Å²) in [6.07, 6.45) is 1.81. The fraction of sp³-hybridized carbons (Fsp3) is 0.364. The summed E-state index contributed by atoms with van der Waals surface area (Å²) in [5, 5.41) is 2.97. The first kappa shape index (κ1) is 16.4. The van der Waals surface area contributed by atoms with Gasteiger partial charge in [-0.15, -0.1) is 0 Å². The highest BCUT2D eigenvalue weighted by Crippen LogP contribution is 2.57. The second-order valence-corrected chi connectivity index (χ2v) is 7.85. The zero-order valence-electron chi connectivity index (χ0n) is 15.1. The Morgan fingerprint density at radius 2 is 1.70 bits per heavy atom. The normalized spacial score (nSPS) is 30.3. The molecule has 1 N–H and O–H groups in total. The predicted octanol–water partition coefficient (Wildman–Crippen LogP) is 3.92. The highest BCUT2D eigenvalue weighted by Gasteiger charge is 2.63. The Bertz CT molecular complexity index is 888. The maximum atomic E-state index is 12.8. The molecule has 0 spiro atoms. The van der Waals surface area contributed by atoms with Crippen molar-refractivity contribution in [1.29, 1.82) is 0 Å². The van der Waals surface area contributed by atoms with Gasteiger partial charge in [0.05, 0.1) is 11.8 Å². The molecule has 1 saturated heterocycles. The summed E-state index contributed by atoms with van der Waals surface area (Å²) in [4.78, 5) is 24.9. The fourth-order valence-electron chi connectivity index (χ4n) is 4.94. The molecule has 5 heteroatoms. The molecule has 3 fully saturated rings. The molecule has 1 heterocycles. The summed E-state index contributed by atoms with van der Waals surface area (Å²) >= 11 is 0. The lowest BCUT2D eigenvalue weighted by atomic mass is 9.79. The van der Waals surface area contributed by atoms with Gasteiger partial charge in [0.1, 0.15) is 17.6 Å². The number of ether oxygens (including phenoxy) is 2. The zero-order valence-corrected chi connectivity index (χ0v) is 15.1.